The van der Waals surface area contributed by atoms with Gasteiger partial charge in [-0.25, -0.2) is 4.21 Å². The summed E-state index contributed by atoms with van der Waals surface area (Å²) in [6.45, 7) is -0.704. The Morgan fingerprint density at radius 1 is 1.64 bits per heavy atom. The maximum Gasteiger partial charge on any atom is 1.00 e. The van der Waals surface area contributed by atoms with E-state index in [1.807, 2.05) is 0 Å². The van der Waals surface area contributed by atoms with Crippen LogP contribution in [0.4, 0.5) is 0 Å². The van der Waals surface area contributed by atoms with Crippen molar-refractivity contribution in [3.63, 3.8) is 0 Å². The van der Waals surface area contributed by atoms with Crippen molar-refractivity contribution >= 4 is 20.0 Å². The van der Waals surface area contributed by atoms with E-state index in [-0.39, 0.29) is 29.6 Å². The number of nitrogens with zero attached hydrogens (tertiary/aromatic N) is 1. The normalized spacial score (nSPS) is 16.1. The molecule has 78 valence electrons. The van der Waals surface area contributed by atoms with E-state index >= 15 is 0 Å². The Hall–Kier alpha value is 0.450. The van der Waals surface area contributed by atoms with E-state index in [9.17, 15) is 19.6 Å². The summed E-state index contributed by atoms with van der Waals surface area (Å²) in [7, 11) is -3.54. The third-order valence-electron chi connectivity index (χ3n) is 0.873. The van der Waals surface area contributed by atoms with Crippen LogP contribution in [-0.4, -0.2) is 32.9 Å². The smallest absolute Gasteiger partial charge is 0.709 e. The molecule has 2 atom stereocenters. The van der Waals surface area contributed by atoms with Crippen LogP contribution in [0.5, 0.6) is 0 Å². The van der Waals surface area contributed by atoms with E-state index < -0.39 is 32.3 Å². The first-order valence-corrected chi connectivity index (χ1v) is 5.44. The minimum absolute atomic E-state index is 0. The van der Waals surface area contributed by atoms with Gasteiger partial charge in [0.1, 0.15) is 15.4 Å². The van der Waals surface area contributed by atoms with Gasteiger partial charge in [0.2, 0.25) is 0 Å². The van der Waals surface area contributed by atoms with Crippen LogP contribution < -0.4 is 34.8 Å². The zero-order valence-corrected chi connectivity index (χ0v) is 10.8. The maximum atomic E-state index is 10.7. The standard InChI is InChI=1S/C3H7NO7S2.Na/c5-3(1-10-4(6)7)2-13(9,12)11-8;/h3,5,8H,1-2H2;/q;+1/p-1. The van der Waals surface area contributed by atoms with Gasteiger partial charge < -0.3 is 19.5 Å². The Bertz CT molecular complexity index is 266. The van der Waals surface area contributed by atoms with E-state index in [4.69, 9.17) is 5.11 Å². The SMILES string of the molecule is O=[N+]([O-])OCC(O)CS(=O)(=S)O[O-].[Na+]. The van der Waals surface area contributed by atoms with Gasteiger partial charge in [-0.2, -0.15) is 0 Å². The number of rotatable bonds is 6. The third kappa shape index (κ3) is 9.02. The zero-order chi connectivity index (χ0) is 10.5. The van der Waals surface area contributed by atoms with E-state index in [1.165, 1.54) is 0 Å². The number of hydrogen-bond donors (Lipinski definition) is 1. The molecule has 0 aromatic rings. The Labute approximate surface area is 106 Å². The monoisotopic (exact) mass is 255 g/mol. The van der Waals surface area contributed by atoms with Crippen molar-refractivity contribution in [3.05, 3.63) is 10.1 Å². The van der Waals surface area contributed by atoms with Crippen molar-refractivity contribution in [2.75, 3.05) is 12.4 Å². The fraction of sp³-hybridized carbons (Fsp3) is 1.00. The third-order valence-corrected chi connectivity index (χ3v) is 2.45. The molecule has 2 unspecified atom stereocenters. The molecule has 0 spiro atoms. The fourth-order valence-electron chi connectivity index (χ4n) is 0.458. The molecule has 0 radical (unpaired) electrons. The van der Waals surface area contributed by atoms with Crippen LogP contribution in [0, 0.1) is 10.1 Å². The first kappa shape index (κ1) is 16.9. The predicted octanol–water partition coefficient (Wildman–Crippen LogP) is -5.49. The topological polar surface area (TPSA) is 122 Å². The maximum absolute atomic E-state index is 10.7. The predicted molar refractivity (Wildman–Crippen MR) is 40.4 cm³/mol. The average Bonchev–Trinajstić information content (AvgIpc) is 2.00. The average molecular weight is 255 g/mol. The van der Waals surface area contributed by atoms with Gasteiger partial charge in [0.15, 0.2) is 0 Å². The molecule has 0 aliphatic carbocycles. The molecule has 0 bridgehead atoms. The molecule has 8 nitrogen and oxygen atoms in total. The molecular weight excluding hydrogens is 249 g/mol. The van der Waals surface area contributed by atoms with Crippen LogP contribution in [0.3, 0.4) is 0 Å². The number of aliphatic hydroxyl groups is 1. The van der Waals surface area contributed by atoms with Crippen LogP contribution in [-0.2, 0) is 29.1 Å². The van der Waals surface area contributed by atoms with Crippen LogP contribution in [0.15, 0.2) is 0 Å². The quantitative estimate of drug-likeness (QED) is 0.216. The first-order chi connectivity index (χ1) is 5.87. The van der Waals surface area contributed by atoms with Crippen molar-refractivity contribution < 1.29 is 58.4 Å². The molecule has 0 aliphatic rings. The van der Waals surface area contributed by atoms with E-state index in [2.05, 4.69) is 20.4 Å². The summed E-state index contributed by atoms with van der Waals surface area (Å²) in [6.07, 6.45) is -1.47. The largest absolute Gasteiger partial charge is 1.00 e. The summed E-state index contributed by atoms with van der Waals surface area (Å²) >= 11 is 4.11. The van der Waals surface area contributed by atoms with Gasteiger partial charge >= 0.3 is 29.6 Å². The van der Waals surface area contributed by atoms with E-state index in [0.29, 0.717) is 0 Å². The summed E-state index contributed by atoms with van der Waals surface area (Å²) in [4.78, 5) is 13.4. The molecule has 0 saturated heterocycles. The second kappa shape index (κ2) is 7.70. The van der Waals surface area contributed by atoms with Gasteiger partial charge in [-0.15, -0.1) is 10.1 Å². The Morgan fingerprint density at radius 3 is 2.50 bits per heavy atom. The summed E-state index contributed by atoms with van der Waals surface area (Å²) in [5, 5.41) is 27.0. The molecule has 0 aromatic heterocycles. The Balaban J connectivity index is 0. The molecule has 0 amide bonds. The van der Waals surface area contributed by atoms with Crippen LogP contribution in [0.2, 0.25) is 0 Å². The summed E-state index contributed by atoms with van der Waals surface area (Å²) < 4.78 is 13.8. The molecule has 0 fully saturated rings. The van der Waals surface area contributed by atoms with Gasteiger partial charge in [0.25, 0.3) is 5.09 Å². The van der Waals surface area contributed by atoms with Crippen molar-refractivity contribution in [1.82, 2.24) is 0 Å². The minimum atomic E-state index is -3.54. The van der Waals surface area contributed by atoms with E-state index in [0.717, 1.165) is 0 Å². The van der Waals surface area contributed by atoms with Crippen LogP contribution in [0.25, 0.3) is 0 Å². The molecule has 0 rings (SSSR count). The Kier molecular flexibility index (Phi) is 9.28. The number of aliphatic hydroxyl groups excluding tert-OH is 1. The van der Waals surface area contributed by atoms with Crippen molar-refractivity contribution in [1.29, 1.82) is 0 Å². The van der Waals surface area contributed by atoms with Gasteiger partial charge in [0.05, 0.1) is 11.9 Å². The molecular formula is C3H6NNaO7S2. The van der Waals surface area contributed by atoms with Gasteiger partial charge in [-0.05, 0) is 0 Å². The summed E-state index contributed by atoms with van der Waals surface area (Å²) in [5.74, 6) is -0.681. The molecule has 0 heterocycles. The number of hydrogen-bond acceptors (Lipinski definition) is 8. The molecule has 0 aliphatic heterocycles. The summed E-state index contributed by atoms with van der Waals surface area (Å²) in [6, 6.07) is 0. The molecule has 1 N–H and O–H groups in total. The molecule has 0 saturated carbocycles. The molecule has 11 heteroatoms. The fourth-order valence-corrected chi connectivity index (χ4v) is 1.55. The minimum Gasteiger partial charge on any atom is -0.709 e. The molecule has 0 aromatic carbocycles. The van der Waals surface area contributed by atoms with Crippen molar-refractivity contribution in [2.24, 2.45) is 0 Å². The van der Waals surface area contributed by atoms with Gasteiger partial charge in [-0.3, -0.25) is 0 Å². The van der Waals surface area contributed by atoms with Crippen molar-refractivity contribution in [3.8, 4) is 0 Å². The van der Waals surface area contributed by atoms with Crippen molar-refractivity contribution in [2.45, 2.75) is 6.10 Å². The van der Waals surface area contributed by atoms with Gasteiger partial charge in [0, 0.05) is 11.2 Å². The zero-order valence-electron chi connectivity index (χ0n) is 7.15. The van der Waals surface area contributed by atoms with E-state index in [1.54, 1.807) is 0 Å². The second-order valence-electron chi connectivity index (χ2n) is 1.97. The van der Waals surface area contributed by atoms with Crippen LogP contribution >= 0.6 is 0 Å². The van der Waals surface area contributed by atoms with Crippen LogP contribution in [0.1, 0.15) is 0 Å². The second-order valence-corrected chi connectivity index (χ2v) is 5.07. The first-order valence-electron chi connectivity index (χ1n) is 2.87. The molecule has 14 heavy (non-hydrogen) atoms. The Morgan fingerprint density at radius 2 is 2.14 bits per heavy atom. The van der Waals surface area contributed by atoms with Gasteiger partial charge in [-0.1, -0.05) is 0 Å². The summed E-state index contributed by atoms with van der Waals surface area (Å²) in [5.41, 5.74) is 0.